The molecule has 5 heteroatoms. The molecule has 0 saturated carbocycles. The maximum absolute atomic E-state index is 13.2. The highest BCUT2D eigenvalue weighted by atomic mass is 19.1. The van der Waals surface area contributed by atoms with Crippen LogP contribution in [0.2, 0.25) is 0 Å². The van der Waals surface area contributed by atoms with Crippen LogP contribution in [0, 0.1) is 5.82 Å². The van der Waals surface area contributed by atoms with E-state index in [1.165, 1.54) is 12.1 Å². The van der Waals surface area contributed by atoms with Crippen molar-refractivity contribution in [2.75, 3.05) is 13.1 Å². The fourth-order valence-corrected chi connectivity index (χ4v) is 2.24. The first-order chi connectivity index (χ1) is 9.31. The van der Waals surface area contributed by atoms with Crippen molar-refractivity contribution in [2.45, 2.75) is 18.9 Å². The van der Waals surface area contributed by atoms with E-state index in [1.54, 1.807) is 23.1 Å². The SMILES string of the molecule is Fc1cccc(-n2cc(OC3CCCNC3)cn2)c1. The maximum atomic E-state index is 13.2. The van der Waals surface area contributed by atoms with E-state index in [2.05, 4.69) is 10.4 Å². The molecule has 1 atom stereocenters. The highest BCUT2D eigenvalue weighted by Crippen LogP contribution is 2.17. The van der Waals surface area contributed by atoms with Crippen molar-refractivity contribution in [1.82, 2.24) is 15.1 Å². The van der Waals surface area contributed by atoms with Gasteiger partial charge in [-0.25, -0.2) is 9.07 Å². The average molecular weight is 261 g/mol. The van der Waals surface area contributed by atoms with Gasteiger partial charge in [-0.05, 0) is 37.6 Å². The van der Waals surface area contributed by atoms with Gasteiger partial charge in [0.1, 0.15) is 11.9 Å². The van der Waals surface area contributed by atoms with Gasteiger partial charge in [0, 0.05) is 6.54 Å². The number of hydrogen-bond acceptors (Lipinski definition) is 3. The third-order valence-corrected chi connectivity index (χ3v) is 3.19. The molecule has 1 saturated heterocycles. The largest absolute Gasteiger partial charge is 0.486 e. The molecule has 0 spiro atoms. The van der Waals surface area contributed by atoms with Crippen LogP contribution in [-0.2, 0) is 0 Å². The Labute approximate surface area is 111 Å². The molecule has 1 aliphatic heterocycles. The highest BCUT2D eigenvalue weighted by molar-refractivity contribution is 5.32. The summed E-state index contributed by atoms with van der Waals surface area (Å²) in [6.07, 6.45) is 5.82. The lowest BCUT2D eigenvalue weighted by Gasteiger charge is -2.22. The van der Waals surface area contributed by atoms with Gasteiger partial charge in [-0.3, -0.25) is 0 Å². The molecular formula is C14H16FN3O. The minimum atomic E-state index is -0.271. The predicted molar refractivity (Wildman–Crippen MR) is 70.0 cm³/mol. The molecule has 0 radical (unpaired) electrons. The summed E-state index contributed by atoms with van der Waals surface area (Å²) in [5.74, 6) is 0.449. The second-order valence-electron chi connectivity index (χ2n) is 4.69. The molecule has 1 aromatic heterocycles. The third kappa shape index (κ3) is 2.93. The number of aromatic nitrogens is 2. The van der Waals surface area contributed by atoms with E-state index in [0.717, 1.165) is 31.7 Å². The Kier molecular flexibility index (Phi) is 3.46. The van der Waals surface area contributed by atoms with Crippen LogP contribution in [0.3, 0.4) is 0 Å². The number of rotatable bonds is 3. The molecule has 0 amide bonds. The van der Waals surface area contributed by atoms with Crippen LogP contribution in [0.15, 0.2) is 36.7 Å². The van der Waals surface area contributed by atoms with E-state index >= 15 is 0 Å². The lowest BCUT2D eigenvalue weighted by Crippen LogP contribution is -2.37. The number of nitrogens with one attached hydrogen (secondary N) is 1. The van der Waals surface area contributed by atoms with E-state index in [1.807, 2.05) is 6.07 Å². The monoisotopic (exact) mass is 261 g/mol. The fraction of sp³-hybridized carbons (Fsp3) is 0.357. The summed E-state index contributed by atoms with van der Waals surface area (Å²) in [5, 5.41) is 7.50. The van der Waals surface area contributed by atoms with Crippen LogP contribution in [0.25, 0.3) is 5.69 Å². The van der Waals surface area contributed by atoms with Crippen molar-refractivity contribution >= 4 is 0 Å². The topological polar surface area (TPSA) is 39.1 Å². The second-order valence-corrected chi connectivity index (χ2v) is 4.69. The molecular weight excluding hydrogens is 245 g/mol. The van der Waals surface area contributed by atoms with Crippen LogP contribution in [0.1, 0.15) is 12.8 Å². The summed E-state index contributed by atoms with van der Waals surface area (Å²) in [6, 6.07) is 6.33. The molecule has 0 bridgehead atoms. The van der Waals surface area contributed by atoms with Crippen LogP contribution in [0.4, 0.5) is 4.39 Å². The van der Waals surface area contributed by atoms with Crippen molar-refractivity contribution < 1.29 is 9.13 Å². The number of hydrogen-bond donors (Lipinski definition) is 1. The van der Waals surface area contributed by atoms with Crippen molar-refractivity contribution in [3.05, 3.63) is 42.5 Å². The van der Waals surface area contributed by atoms with Crippen LogP contribution in [0.5, 0.6) is 5.75 Å². The van der Waals surface area contributed by atoms with Gasteiger partial charge in [0.05, 0.1) is 18.1 Å². The van der Waals surface area contributed by atoms with E-state index in [4.69, 9.17) is 4.74 Å². The van der Waals surface area contributed by atoms with Gasteiger partial charge in [0.2, 0.25) is 0 Å². The fourth-order valence-electron chi connectivity index (χ4n) is 2.24. The van der Waals surface area contributed by atoms with Gasteiger partial charge in [-0.15, -0.1) is 0 Å². The van der Waals surface area contributed by atoms with Gasteiger partial charge in [0.25, 0.3) is 0 Å². The molecule has 2 heterocycles. The Morgan fingerprint density at radius 2 is 2.37 bits per heavy atom. The van der Waals surface area contributed by atoms with E-state index in [0.29, 0.717) is 5.69 Å². The lowest BCUT2D eigenvalue weighted by atomic mass is 10.1. The molecule has 2 aromatic rings. The standard InChI is InChI=1S/C14H16FN3O/c15-11-3-1-4-12(7-11)18-10-14(9-17-18)19-13-5-2-6-16-8-13/h1,3-4,7,9-10,13,16H,2,5-6,8H2. The Morgan fingerprint density at radius 1 is 1.42 bits per heavy atom. The first kappa shape index (κ1) is 12.2. The number of halogens is 1. The molecule has 19 heavy (non-hydrogen) atoms. The summed E-state index contributed by atoms with van der Waals surface area (Å²) in [5.41, 5.74) is 0.691. The maximum Gasteiger partial charge on any atom is 0.158 e. The quantitative estimate of drug-likeness (QED) is 0.920. The molecule has 1 fully saturated rings. The van der Waals surface area contributed by atoms with Gasteiger partial charge < -0.3 is 10.1 Å². The zero-order valence-electron chi connectivity index (χ0n) is 10.6. The van der Waals surface area contributed by atoms with Crippen molar-refractivity contribution in [3.8, 4) is 11.4 Å². The van der Waals surface area contributed by atoms with Crippen LogP contribution in [-0.4, -0.2) is 29.0 Å². The summed E-state index contributed by atoms with van der Waals surface area (Å²) < 4.78 is 20.6. The molecule has 1 aromatic carbocycles. The van der Waals surface area contributed by atoms with E-state index in [9.17, 15) is 4.39 Å². The smallest absolute Gasteiger partial charge is 0.158 e. The minimum Gasteiger partial charge on any atom is -0.486 e. The second kappa shape index (κ2) is 5.40. The average Bonchev–Trinajstić information content (AvgIpc) is 2.88. The molecule has 1 unspecified atom stereocenters. The van der Waals surface area contributed by atoms with Gasteiger partial charge in [0.15, 0.2) is 5.75 Å². The van der Waals surface area contributed by atoms with Crippen molar-refractivity contribution in [3.63, 3.8) is 0 Å². The van der Waals surface area contributed by atoms with Gasteiger partial charge in [-0.2, -0.15) is 5.10 Å². The predicted octanol–water partition coefficient (Wildman–Crippen LogP) is 2.14. The first-order valence-corrected chi connectivity index (χ1v) is 6.49. The number of piperidine rings is 1. The first-order valence-electron chi connectivity index (χ1n) is 6.49. The molecule has 3 rings (SSSR count). The van der Waals surface area contributed by atoms with E-state index in [-0.39, 0.29) is 11.9 Å². The Balaban J connectivity index is 1.72. The molecule has 4 nitrogen and oxygen atoms in total. The Bertz CT molecular complexity index is 549. The summed E-state index contributed by atoms with van der Waals surface area (Å²) in [7, 11) is 0. The molecule has 0 aliphatic carbocycles. The molecule has 100 valence electrons. The summed E-state index contributed by atoms with van der Waals surface area (Å²) in [6.45, 7) is 1.92. The number of nitrogens with zero attached hydrogens (tertiary/aromatic N) is 2. The van der Waals surface area contributed by atoms with Crippen LogP contribution >= 0.6 is 0 Å². The van der Waals surface area contributed by atoms with Crippen molar-refractivity contribution in [2.24, 2.45) is 0 Å². The van der Waals surface area contributed by atoms with Gasteiger partial charge >= 0.3 is 0 Å². The highest BCUT2D eigenvalue weighted by Gasteiger charge is 2.15. The number of benzene rings is 1. The Morgan fingerprint density at radius 3 is 3.16 bits per heavy atom. The Hall–Kier alpha value is -1.88. The molecule has 1 N–H and O–H groups in total. The lowest BCUT2D eigenvalue weighted by molar-refractivity contribution is 0.167. The minimum absolute atomic E-state index is 0.193. The number of ether oxygens (including phenoxy) is 1. The van der Waals surface area contributed by atoms with Gasteiger partial charge in [-0.1, -0.05) is 6.07 Å². The normalized spacial score (nSPS) is 19.3. The summed E-state index contributed by atoms with van der Waals surface area (Å²) >= 11 is 0. The van der Waals surface area contributed by atoms with E-state index < -0.39 is 0 Å². The zero-order chi connectivity index (χ0) is 13.1. The molecule has 1 aliphatic rings. The zero-order valence-corrected chi connectivity index (χ0v) is 10.6. The van der Waals surface area contributed by atoms with Crippen LogP contribution < -0.4 is 10.1 Å². The van der Waals surface area contributed by atoms with Crippen molar-refractivity contribution in [1.29, 1.82) is 0 Å². The summed E-state index contributed by atoms with van der Waals surface area (Å²) in [4.78, 5) is 0. The third-order valence-electron chi connectivity index (χ3n) is 3.19.